The van der Waals surface area contributed by atoms with Gasteiger partial charge in [0.25, 0.3) is 0 Å². The molecule has 0 amide bonds. The maximum atomic E-state index is 9.45. The first kappa shape index (κ1) is 16.1. The van der Waals surface area contributed by atoms with E-state index in [1.165, 1.54) is 19.4 Å². The van der Waals surface area contributed by atoms with Crippen LogP contribution in [0.5, 0.6) is 11.5 Å². The van der Waals surface area contributed by atoms with E-state index in [2.05, 4.69) is 11.9 Å². The van der Waals surface area contributed by atoms with Crippen molar-refractivity contribution < 1.29 is 14.6 Å². The molecule has 118 valence electrons. The third-order valence-electron chi connectivity index (χ3n) is 4.64. The molecule has 0 bridgehead atoms. The summed E-state index contributed by atoms with van der Waals surface area (Å²) in [6, 6.07) is 8.22. The fourth-order valence-electron chi connectivity index (χ4n) is 3.39. The van der Waals surface area contributed by atoms with Crippen LogP contribution in [0.15, 0.2) is 24.3 Å². The number of benzene rings is 1. The third-order valence-corrected chi connectivity index (χ3v) is 4.64. The van der Waals surface area contributed by atoms with Gasteiger partial charge in [0.05, 0.1) is 20.3 Å². The van der Waals surface area contributed by atoms with Crippen molar-refractivity contribution in [2.45, 2.75) is 37.8 Å². The van der Waals surface area contributed by atoms with Crippen LogP contribution in [0.2, 0.25) is 0 Å². The Labute approximate surface area is 127 Å². The van der Waals surface area contributed by atoms with Crippen molar-refractivity contribution >= 4 is 0 Å². The number of fused-ring (bicyclic) bond motifs is 1. The van der Waals surface area contributed by atoms with Gasteiger partial charge in [-0.1, -0.05) is 12.1 Å². The number of aliphatic hydroxyl groups excluding tert-OH is 1. The standard InChI is InChI=1S/C9H17NO.C8H10O2/c1-10-5-4-7-2-3-8(11)6-9(7)10;1-9-7-5-3-4-6-8(7)10-2/h7-9,11H,2-6H2,1H3;3-6H,1-2H3. The Bertz CT molecular complexity index is 415. The molecule has 1 aromatic carbocycles. The lowest BCUT2D eigenvalue weighted by Gasteiger charge is -2.32. The second-order valence-electron chi connectivity index (χ2n) is 5.92. The predicted octanol–water partition coefficient (Wildman–Crippen LogP) is 2.56. The predicted molar refractivity (Wildman–Crippen MR) is 83.9 cm³/mol. The molecule has 0 spiro atoms. The van der Waals surface area contributed by atoms with Crippen LogP contribution in [0.4, 0.5) is 0 Å². The average molecular weight is 293 g/mol. The van der Waals surface area contributed by atoms with Crippen LogP contribution < -0.4 is 9.47 Å². The summed E-state index contributed by atoms with van der Waals surface area (Å²) in [4.78, 5) is 2.41. The summed E-state index contributed by atoms with van der Waals surface area (Å²) in [5.74, 6) is 2.43. The number of hydrogen-bond acceptors (Lipinski definition) is 4. The average Bonchev–Trinajstić information content (AvgIpc) is 2.88. The zero-order chi connectivity index (χ0) is 15.2. The molecule has 3 unspecified atom stereocenters. The number of methoxy groups -OCH3 is 2. The largest absolute Gasteiger partial charge is 0.493 e. The number of likely N-dealkylation sites (tertiary alicyclic amines) is 1. The molecule has 1 aromatic rings. The highest BCUT2D eigenvalue weighted by Gasteiger charge is 2.36. The monoisotopic (exact) mass is 293 g/mol. The molecule has 21 heavy (non-hydrogen) atoms. The van der Waals surface area contributed by atoms with Crippen molar-refractivity contribution in [1.82, 2.24) is 4.90 Å². The quantitative estimate of drug-likeness (QED) is 0.910. The van der Waals surface area contributed by atoms with Crippen molar-refractivity contribution in [2.24, 2.45) is 5.92 Å². The van der Waals surface area contributed by atoms with E-state index in [0.717, 1.165) is 30.3 Å². The molecule has 3 atom stereocenters. The van der Waals surface area contributed by atoms with E-state index in [0.29, 0.717) is 6.04 Å². The Kier molecular flexibility index (Phi) is 5.88. The van der Waals surface area contributed by atoms with Crippen LogP contribution in [0.25, 0.3) is 0 Å². The van der Waals surface area contributed by atoms with Gasteiger partial charge in [-0.2, -0.15) is 0 Å². The van der Waals surface area contributed by atoms with Crippen LogP contribution in [0.1, 0.15) is 25.7 Å². The number of ether oxygens (including phenoxy) is 2. The number of rotatable bonds is 2. The van der Waals surface area contributed by atoms with Gasteiger partial charge in [0.2, 0.25) is 0 Å². The van der Waals surface area contributed by atoms with Crippen molar-refractivity contribution in [3.63, 3.8) is 0 Å². The maximum Gasteiger partial charge on any atom is 0.160 e. The zero-order valence-electron chi connectivity index (χ0n) is 13.3. The van der Waals surface area contributed by atoms with E-state index >= 15 is 0 Å². The highest BCUT2D eigenvalue weighted by atomic mass is 16.5. The lowest BCUT2D eigenvalue weighted by molar-refractivity contribution is 0.0714. The van der Waals surface area contributed by atoms with Crippen LogP contribution in [-0.4, -0.2) is 50.0 Å². The minimum absolute atomic E-state index is 0.0169. The Morgan fingerprint density at radius 3 is 2.24 bits per heavy atom. The minimum atomic E-state index is -0.0169. The van der Waals surface area contributed by atoms with Gasteiger partial charge in [-0.3, -0.25) is 0 Å². The van der Waals surface area contributed by atoms with Gasteiger partial charge < -0.3 is 19.5 Å². The molecular weight excluding hydrogens is 266 g/mol. The molecule has 1 aliphatic carbocycles. The molecular formula is C17H27NO3. The molecule has 0 aromatic heterocycles. The van der Waals surface area contributed by atoms with Gasteiger partial charge >= 0.3 is 0 Å². The number of nitrogens with zero attached hydrogens (tertiary/aromatic N) is 1. The molecule has 1 aliphatic heterocycles. The lowest BCUT2D eigenvalue weighted by Crippen LogP contribution is -2.36. The van der Waals surface area contributed by atoms with Gasteiger partial charge in [-0.05, 0) is 57.3 Å². The Balaban J connectivity index is 0.000000155. The van der Waals surface area contributed by atoms with Crippen molar-refractivity contribution in [2.75, 3.05) is 27.8 Å². The molecule has 4 heteroatoms. The highest BCUT2D eigenvalue weighted by molar-refractivity contribution is 5.39. The van der Waals surface area contributed by atoms with E-state index < -0.39 is 0 Å². The molecule has 1 heterocycles. The van der Waals surface area contributed by atoms with Crippen LogP contribution >= 0.6 is 0 Å². The zero-order valence-corrected chi connectivity index (χ0v) is 13.3. The first-order valence-electron chi connectivity index (χ1n) is 7.71. The third kappa shape index (κ3) is 4.11. The van der Waals surface area contributed by atoms with Crippen LogP contribution in [0, 0.1) is 5.92 Å². The summed E-state index contributed by atoms with van der Waals surface area (Å²) in [6.45, 7) is 1.24. The summed E-state index contributed by atoms with van der Waals surface area (Å²) < 4.78 is 10.0. The van der Waals surface area contributed by atoms with Gasteiger partial charge in [-0.25, -0.2) is 0 Å². The Morgan fingerprint density at radius 1 is 1.05 bits per heavy atom. The normalized spacial score (nSPS) is 28.3. The highest BCUT2D eigenvalue weighted by Crippen LogP contribution is 2.35. The first-order valence-corrected chi connectivity index (χ1v) is 7.71. The SMILES string of the molecule is CN1CCC2CCC(O)CC21.COc1ccccc1OC. The van der Waals surface area contributed by atoms with Gasteiger partial charge in [0.15, 0.2) is 11.5 Å². The van der Waals surface area contributed by atoms with Crippen LogP contribution in [-0.2, 0) is 0 Å². The van der Waals surface area contributed by atoms with E-state index in [-0.39, 0.29) is 6.10 Å². The van der Waals surface area contributed by atoms with Crippen LogP contribution in [0.3, 0.4) is 0 Å². The molecule has 0 radical (unpaired) electrons. The minimum Gasteiger partial charge on any atom is -0.493 e. The fourth-order valence-corrected chi connectivity index (χ4v) is 3.39. The molecule has 2 fully saturated rings. The second kappa shape index (κ2) is 7.66. The summed E-state index contributed by atoms with van der Waals surface area (Å²) in [5.41, 5.74) is 0. The smallest absolute Gasteiger partial charge is 0.160 e. The maximum absolute atomic E-state index is 9.45. The van der Waals surface area contributed by atoms with Gasteiger partial charge in [-0.15, -0.1) is 0 Å². The van der Waals surface area contributed by atoms with E-state index in [1.54, 1.807) is 14.2 Å². The molecule has 3 rings (SSSR count). The summed E-state index contributed by atoms with van der Waals surface area (Å²) in [6.07, 6.45) is 4.64. The van der Waals surface area contributed by atoms with Gasteiger partial charge in [0.1, 0.15) is 0 Å². The van der Waals surface area contributed by atoms with Gasteiger partial charge in [0, 0.05) is 6.04 Å². The molecule has 2 aliphatic rings. The first-order chi connectivity index (χ1) is 10.2. The molecule has 1 saturated carbocycles. The van der Waals surface area contributed by atoms with Crippen molar-refractivity contribution in [1.29, 1.82) is 0 Å². The fraction of sp³-hybridized carbons (Fsp3) is 0.647. The lowest BCUT2D eigenvalue weighted by atomic mass is 9.84. The van der Waals surface area contributed by atoms with Crippen molar-refractivity contribution in [3.05, 3.63) is 24.3 Å². The second-order valence-corrected chi connectivity index (χ2v) is 5.92. The summed E-state index contributed by atoms with van der Waals surface area (Å²) >= 11 is 0. The van der Waals surface area contributed by atoms with Crippen molar-refractivity contribution in [3.8, 4) is 11.5 Å². The number of hydrogen-bond donors (Lipinski definition) is 1. The Morgan fingerprint density at radius 2 is 1.67 bits per heavy atom. The van der Waals surface area contributed by atoms with E-state index in [4.69, 9.17) is 9.47 Å². The summed E-state index contributed by atoms with van der Waals surface area (Å²) in [7, 11) is 5.43. The number of para-hydroxylation sites is 2. The molecule has 1 N–H and O–H groups in total. The molecule has 4 nitrogen and oxygen atoms in total. The number of aliphatic hydroxyl groups is 1. The topological polar surface area (TPSA) is 41.9 Å². The van der Waals surface area contributed by atoms with E-state index in [1.807, 2.05) is 24.3 Å². The van der Waals surface area contributed by atoms with E-state index in [9.17, 15) is 5.11 Å². The molecule has 1 saturated heterocycles. The summed E-state index contributed by atoms with van der Waals surface area (Å²) in [5, 5.41) is 9.45. The Hall–Kier alpha value is -1.26.